The maximum Gasteiger partial charge on any atom is 0.407 e. The van der Waals surface area contributed by atoms with Crippen molar-refractivity contribution in [3.63, 3.8) is 0 Å². The fourth-order valence-corrected chi connectivity index (χ4v) is 3.46. The van der Waals surface area contributed by atoms with Gasteiger partial charge in [-0.05, 0) is 37.6 Å². The number of carbonyl (C=O) groups is 1. The molecule has 1 aliphatic carbocycles. The standard InChI is InChI=1S/C16H32F2N2O2Si/c1-23(2,3)11-10-22-15(21)20-9-6-14(19)12-13-4-7-16(17,18)8-5-13/h13-14H,4-12,19H2,1-3H3,(H,20,21)/t14-/m1/s1. The van der Waals surface area contributed by atoms with Crippen LogP contribution in [-0.4, -0.2) is 39.3 Å². The van der Waals surface area contributed by atoms with Gasteiger partial charge in [0.15, 0.2) is 0 Å². The van der Waals surface area contributed by atoms with Crippen LogP contribution in [0, 0.1) is 5.92 Å². The van der Waals surface area contributed by atoms with Gasteiger partial charge in [0.05, 0.1) is 6.61 Å². The average molecular weight is 351 g/mol. The zero-order valence-corrected chi connectivity index (χ0v) is 15.7. The predicted molar refractivity (Wildman–Crippen MR) is 91.6 cm³/mol. The molecule has 0 aromatic rings. The molecule has 0 spiro atoms. The van der Waals surface area contributed by atoms with Crippen LogP contribution in [0.3, 0.4) is 0 Å². The number of nitrogens with one attached hydrogen (secondary N) is 1. The van der Waals surface area contributed by atoms with Crippen molar-refractivity contribution < 1.29 is 18.3 Å². The van der Waals surface area contributed by atoms with Crippen LogP contribution >= 0.6 is 0 Å². The van der Waals surface area contributed by atoms with E-state index in [2.05, 4.69) is 25.0 Å². The van der Waals surface area contributed by atoms with Gasteiger partial charge in [-0.2, -0.15) is 0 Å². The zero-order chi connectivity index (χ0) is 17.5. The number of hydrogen-bond donors (Lipinski definition) is 2. The highest BCUT2D eigenvalue weighted by atomic mass is 28.3. The number of ether oxygens (including phenoxy) is 1. The van der Waals surface area contributed by atoms with E-state index in [0.29, 0.717) is 32.4 Å². The minimum absolute atomic E-state index is 0.0218. The molecule has 1 saturated carbocycles. The summed E-state index contributed by atoms with van der Waals surface area (Å²) in [5, 5.41) is 2.70. The Kier molecular flexibility index (Phi) is 7.93. The van der Waals surface area contributed by atoms with Gasteiger partial charge in [0.25, 0.3) is 0 Å². The van der Waals surface area contributed by atoms with Crippen LogP contribution in [-0.2, 0) is 4.74 Å². The van der Waals surface area contributed by atoms with E-state index in [0.717, 1.165) is 12.5 Å². The van der Waals surface area contributed by atoms with E-state index in [4.69, 9.17) is 10.5 Å². The lowest BCUT2D eigenvalue weighted by molar-refractivity contribution is -0.0471. The van der Waals surface area contributed by atoms with Gasteiger partial charge in [-0.25, -0.2) is 13.6 Å². The number of hydrogen-bond acceptors (Lipinski definition) is 3. The Hall–Kier alpha value is -0.693. The summed E-state index contributed by atoms with van der Waals surface area (Å²) in [5.74, 6) is -2.20. The second-order valence-electron chi connectivity index (χ2n) is 7.96. The average Bonchev–Trinajstić information content (AvgIpc) is 2.40. The summed E-state index contributed by atoms with van der Waals surface area (Å²) in [6.07, 6.45) is 2.06. The lowest BCUT2D eigenvalue weighted by Crippen LogP contribution is -2.34. The monoisotopic (exact) mass is 350 g/mol. The molecule has 0 aromatic carbocycles. The third kappa shape index (κ3) is 9.91. The van der Waals surface area contributed by atoms with Crippen molar-refractivity contribution in [2.24, 2.45) is 11.7 Å². The molecule has 0 saturated heterocycles. The predicted octanol–water partition coefficient (Wildman–Crippen LogP) is 3.98. The van der Waals surface area contributed by atoms with Gasteiger partial charge in [0.2, 0.25) is 5.92 Å². The quantitative estimate of drug-likeness (QED) is 0.651. The van der Waals surface area contributed by atoms with Gasteiger partial charge in [-0.15, -0.1) is 0 Å². The molecule has 1 atom stereocenters. The van der Waals surface area contributed by atoms with Gasteiger partial charge in [-0.3, -0.25) is 0 Å². The highest BCUT2D eigenvalue weighted by Gasteiger charge is 2.35. The fourth-order valence-electron chi connectivity index (χ4n) is 2.74. The lowest BCUT2D eigenvalue weighted by atomic mass is 9.82. The Bertz CT molecular complexity index is 366. The Balaban J connectivity index is 2.07. The smallest absolute Gasteiger partial charge is 0.407 e. The Morgan fingerprint density at radius 3 is 2.52 bits per heavy atom. The maximum absolute atomic E-state index is 13.1. The van der Waals surface area contributed by atoms with Gasteiger partial charge in [0, 0.05) is 33.5 Å². The molecule has 1 fully saturated rings. The SMILES string of the molecule is C[Si](C)(C)CCOC(=O)NCC[C@@H](N)CC1CCC(F)(F)CC1. The Morgan fingerprint density at radius 2 is 1.96 bits per heavy atom. The van der Waals surface area contributed by atoms with Crippen LogP contribution in [0.1, 0.15) is 38.5 Å². The molecular formula is C16H32F2N2O2Si. The molecule has 4 nitrogen and oxygen atoms in total. The molecule has 23 heavy (non-hydrogen) atoms. The highest BCUT2D eigenvalue weighted by molar-refractivity contribution is 6.76. The van der Waals surface area contributed by atoms with E-state index in [-0.39, 0.29) is 24.8 Å². The van der Waals surface area contributed by atoms with E-state index >= 15 is 0 Å². The van der Waals surface area contributed by atoms with Crippen molar-refractivity contribution in [3.8, 4) is 0 Å². The summed E-state index contributed by atoms with van der Waals surface area (Å²) in [5.41, 5.74) is 6.04. The summed E-state index contributed by atoms with van der Waals surface area (Å²) >= 11 is 0. The molecule has 0 unspecified atom stereocenters. The number of halogens is 2. The Morgan fingerprint density at radius 1 is 1.35 bits per heavy atom. The van der Waals surface area contributed by atoms with Crippen LogP contribution in [0.25, 0.3) is 0 Å². The Labute approximate surface area is 139 Å². The second-order valence-corrected chi connectivity index (χ2v) is 13.6. The van der Waals surface area contributed by atoms with Crippen molar-refractivity contribution in [1.82, 2.24) is 5.32 Å². The maximum atomic E-state index is 13.1. The first kappa shape index (κ1) is 20.4. The molecule has 1 aliphatic rings. The van der Waals surface area contributed by atoms with Crippen LogP contribution < -0.4 is 11.1 Å². The molecule has 3 N–H and O–H groups in total. The number of amides is 1. The van der Waals surface area contributed by atoms with Gasteiger partial charge >= 0.3 is 6.09 Å². The van der Waals surface area contributed by atoms with Crippen molar-refractivity contribution in [2.45, 2.75) is 76.2 Å². The van der Waals surface area contributed by atoms with Crippen molar-refractivity contribution >= 4 is 14.2 Å². The van der Waals surface area contributed by atoms with Crippen LogP contribution in [0.5, 0.6) is 0 Å². The molecule has 0 aliphatic heterocycles. The first-order valence-electron chi connectivity index (χ1n) is 8.61. The lowest BCUT2D eigenvalue weighted by Gasteiger charge is -2.29. The summed E-state index contributed by atoms with van der Waals surface area (Å²) in [6, 6.07) is 0.890. The number of carbonyl (C=O) groups excluding carboxylic acids is 1. The third-order valence-electron chi connectivity index (χ3n) is 4.34. The number of nitrogens with two attached hydrogens (primary N) is 1. The largest absolute Gasteiger partial charge is 0.450 e. The molecule has 0 radical (unpaired) electrons. The normalized spacial score (nSPS) is 20.1. The summed E-state index contributed by atoms with van der Waals surface area (Å²) in [7, 11) is -1.19. The van der Waals surface area contributed by atoms with E-state index < -0.39 is 20.1 Å². The first-order chi connectivity index (χ1) is 10.6. The topological polar surface area (TPSA) is 64.3 Å². The molecular weight excluding hydrogens is 318 g/mol. The van der Waals surface area contributed by atoms with Crippen LogP contribution in [0.15, 0.2) is 0 Å². The zero-order valence-electron chi connectivity index (χ0n) is 14.7. The van der Waals surface area contributed by atoms with Crippen molar-refractivity contribution in [2.75, 3.05) is 13.2 Å². The minimum Gasteiger partial charge on any atom is -0.450 e. The van der Waals surface area contributed by atoms with E-state index in [1.54, 1.807) is 0 Å². The van der Waals surface area contributed by atoms with Crippen molar-refractivity contribution in [3.05, 3.63) is 0 Å². The molecule has 1 rings (SSSR count). The van der Waals surface area contributed by atoms with Gasteiger partial charge < -0.3 is 15.8 Å². The number of alkyl carbamates (subject to hydrolysis) is 1. The second kappa shape index (κ2) is 8.96. The van der Waals surface area contributed by atoms with Gasteiger partial charge in [-0.1, -0.05) is 19.6 Å². The van der Waals surface area contributed by atoms with Crippen molar-refractivity contribution in [1.29, 1.82) is 0 Å². The molecule has 0 heterocycles. The summed E-state index contributed by atoms with van der Waals surface area (Å²) in [4.78, 5) is 11.5. The highest BCUT2D eigenvalue weighted by Crippen LogP contribution is 2.37. The molecule has 136 valence electrons. The number of alkyl halides is 2. The molecule has 1 amide bonds. The van der Waals surface area contributed by atoms with Crippen LogP contribution in [0.2, 0.25) is 25.7 Å². The van der Waals surface area contributed by atoms with Gasteiger partial charge in [0.1, 0.15) is 0 Å². The number of rotatable bonds is 8. The fraction of sp³-hybridized carbons (Fsp3) is 0.938. The van der Waals surface area contributed by atoms with E-state index in [1.165, 1.54) is 0 Å². The first-order valence-corrected chi connectivity index (χ1v) is 12.3. The third-order valence-corrected chi connectivity index (χ3v) is 6.05. The van der Waals surface area contributed by atoms with E-state index in [1.807, 2.05) is 0 Å². The minimum atomic E-state index is -2.48. The summed E-state index contributed by atoms with van der Waals surface area (Å²) in [6.45, 7) is 7.62. The van der Waals surface area contributed by atoms with Crippen LogP contribution in [0.4, 0.5) is 13.6 Å². The molecule has 7 heteroatoms. The van der Waals surface area contributed by atoms with E-state index in [9.17, 15) is 13.6 Å². The summed E-state index contributed by atoms with van der Waals surface area (Å²) < 4.78 is 31.3. The molecule has 0 bridgehead atoms. The molecule has 0 aromatic heterocycles.